The highest BCUT2D eigenvalue weighted by molar-refractivity contribution is 7.89. The molecule has 0 spiro atoms. The Morgan fingerprint density at radius 2 is 1.89 bits per heavy atom. The fourth-order valence-electron chi connectivity index (χ4n) is 2.27. The lowest BCUT2D eigenvalue weighted by Crippen LogP contribution is -2.29. The molecule has 0 bridgehead atoms. The van der Waals surface area contributed by atoms with Crippen molar-refractivity contribution in [1.82, 2.24) is 4.31 Å². The summed E-state index contributed by atoms with van der Waals surface area (Å²) in [6.07, 6.45) is 0. The lowest BCUT2D eigenvalue weighted by Gasteiger charge is -2.17. The monoisotopic (exact) mass is 279 g/mol. The maximum atomic E-state index is 12.6. The predicted molar refractivity (Wildman–Crippen MR) is 72.7 cm³/mol. The molecule has 1 aliphatic heterocycles. The highest BCUT2D eigenvalue weighted by Crippen LogP contribution is 2.29. The van der Waals surface area contributed by atoms with Crippen molar-refractivity contribution in [3.05, 3.63) is 23.8 Å². The average Bonchev–Trinajstić information content (AvgIpc) is 2.70. The fraction of sp³-hybridized carbons (Fsp3) is 0.462. The van der Waals surface area contributed by atoms with E-state index in [1.54, 1.807) is 0 Å². The predicted octanol–water partition coefficient (Wildman–Crippen LogP) is 1.42. The first-order valence-electron chi connectivity index (χ1n) is 6.16. The average molecular weight is 279 g/mol. The van der Waals surface area contributed by atoms with Crippen LogP contribution in [0.15, 0.2) is 23.1 Å². The largest absolute Gasteiger partial charge is 0.399 e. The number of rotatable bonds is 2. The minimum atomic E-state index is -3.61. The topological polar surface area (TPSA) is 87.2 Å². The quantitative estimate of drug-likeness (QED) is 0.829. The van der Waals surface area contributed by atoms with Crippen LogP contribution in [0.5, 0.6) is 0 Å². The second-order valence-electron chi connectivity index (χ2n) is 5.14. The number of hydrogen-bond donors (Lipinski definition) is 1. The van der Waals surface area contributed by atoms with E-state index in [4.69, 9.17) is 11.0 Å². The van der Waals surface area contributed by atoms with Crippen LogP contribution in [0.3, 0.4) is 0 Å². The van der Waals surface area contributed by atoms with Crippen LogP contribution in [0.1, 0.15) is 19.4 Å². The molecule has 1 heterocycles. The molecule has 2 unspecified atom stereocenters. The highest BCUT2D eigenvalue weighted by atomic mass is 32.2. The van der Waals surface area contributed by atoms with Crippen molar-refractivity contribution in [3.63, 3.8) is 0 Å². The molecule has 0 aliphatic carbocycles. The molecule has 1 fully saturated rings. The summed E-state index contributed by atoms with van der Waals surface area (Å²) in [6, 6.07) is 6.23. The van der Waals surface area contributed by atoms with E-state index in [1.165, 1.54) is 22.5 Å². The van der Waals surface area contributed by atoms with Crippen molar-refractivity contribution in [2.24, 2.45) is 11.8 Å². The minimum Gasteiger partial charge on any atom is -0.399 e. The number of nitrogen functional groups attached to an aromatic ring is 1. The molecule has 2 rings (SSSR count). The standard InChI is InChI=1S/C13H17N3O2S/c1-9-7-16(8-10(9)2)19(17,18)13-4-3-12(15)5-11(13)6-14/h3-5,9-10H,7-8,15H2,1-2H3. The molecule has 19 heavy (non-hydrogen) atoms. The summed E-state index contributed by atoms with van der Waals surface area (Å²) < 4.78 is 26.6. The van der Waals surface area contributed by atoms with E-state index in [9.17, 15) is 8.42 Å². The summed E-state index contributed by atoms with van der Waals surface area (Å²) in [5, 5.41) is 9.06. The van der Waals surface area contributed by atoms with Gasteiger partial charge in [0.05, 0.1) is 5.56 Å². The van der Waals surface area contributed by atoms with E-state index in [0.29, 0.717) is 30.6 Å². The van der Waals surface area contributed by atoms with E-state index in [1.807, 2.05) is 19.9 Å². The first-order chi connectivity index (χ1) is 8.86. The van der Waals surface area contributed by atoms with Gasteiger partial charge in [-0.2, -0.15) is 9.57 Å². The first kappa shape index (κ1) is 13.8. The van der Waals surface area contributed by atoms with E-state index >= 15 is 0 Å². The van der Waals surface area contributed by atoms with E-state index < -0.39 is 10.0 Å². The summed E-state index contributed by atoms with van der Waals surface area (Å²) >= 11 is 0. The van der Waals surface area contributed by atoms with E-state index in [0.717, 1.165) is 0 Å². The Kier molecular flexibility index (Phi) is 3.52. The van der Waals surface area contributed by atoms with Gasteiger partial charge in [0.25, 0.3) is 0 Å². The molecule has 2 atom stereocenters. The zero-order valence-corrected chi connectivity index (χ0v) is 11.8. The molecule has 5 nitrogen and oxygen atoms in total. The molecule has 1 aromatic rings. The summed E-state index contributed by atoms with van der Waals surface area (Å²) in [5.74, 6) is 0.656. The first-order valence-corrected chi connectivity index (χ1v) is 7.60. The maximum Gasteiger partial charge on any atom is 0.244 e. The van der Waals surface area contributed by atoms with Gasteiger partial charge in [-0.25, -0.2) is 8.42 Å². The zero-order valence-electron chi connectivity index (χ0n) is 11.0. The number of benzene rings is 1. The Hall–Kier alpha value is -1.58. The van der Waals surface area contributed by atoms with Crippen LogP contribution in [0.25, 0.3) is 0 Å². The number of nitrogens with zero attached hydrogens (tertiary/aromatic N) is 2. The van der Waals surface area contributed by atoms with Crippen molar-refractivity contribution in [2.45, 2.75) is 18.7 Å². The van der Waals surface area contributed by atoms with Gasteiger partial charge in [0, 0.05) is 18.8 Å². The third kappa shape index (κ3) is 2.44. The molecule has 1 aliphatic rings. The van der Waals surface area contributed by atoms with Crippen LogP contribution in [0.4, 0.5) is 5.69 Å². The number of sulfonamides is 1. The lowest BCUT2D eigenvalue weighted by atomic mass is 10.0. The normalized spacial score (nSPS) is 24.3. The number of hydrogen-bond acceptors (Lipinski definition) is 4. The summed E-state index contributed by atoms with van der Waals surface area (Å²) in [6.45, 7) is 5.07. The second kappa shape index (κ2) is 4.83. The summed E-state index contributed by atoms with van der Waals surface area (Å²) in [7, 11) is -3.61. The van der Waals surface area contributed by atoms with Crippen molar-refractivity contribution in [3.8, 4) is 6.07 Å². The smallest absolute Gasteiger partial charge is 0.244 e. The van der Waals surface area contributed by atoms with Crippen LogP contribution < -0.4 is 5.73 Å². The van der Waals surface area contributed by atoms with Crippen LogP contribution in [0.2, 0.25) is 0 Å². The van der Waals surface area contributed by atoms with Gasteiger partial charge in [-0.1, -0.05) is 13.8 Å². The lowest BCUT2D eigenvalue weighted by molar-refractivity contribution is 0.463. The molecule has 0 saturated carbocycles. The molecular weight excluding hydrogens is 262 g/mol. The Morgan fingerprint density at radius 1 is 1.32 bits per heavy atom. The maximum absolute atomic E-state index is 12.6. The van der Waals surface area contributed by atoms with Crippen LogP contribution in [0, 0.1) is 23.2 Å². The molecular formula is C13H17N3O2S. The molecule has 0 amide bonds. The molecule has 0 radical (unpaired) electrons. The van der Waals surface area contributed by atoms with Gasteiger partial charge in [-0.3, -0.25) is 0 Å². The van der Waals surface area contributed by atoms with Gasteiger partial charge >= 0.3 is 0 Å². The molecule has 0 aromatic heterocycles. The van der Waals surface area contributed by atoms with E-state index in [-0.39, 0.29) is 10.5 Å². The van der Waals surface area contributed by atoms with Crippen LogP contribution >= 0.6 is 0 Å². The minimum absolute atomic E-state index is 0.0468. The number of nitriles is 1. The summed E-state index contributed by atoms with van der Waals surface area (Å²) in [4.78, 5) is 0.0468. The van der Waals surface area contributed by atoms with Gasteiger partial charge in [0.2, 0.25) is 10.0 Å². The van der Waals surface area contributed by atoms with Gasteiger partial charge < -0.3 is 5.73 Å². The molecule has 1 saturated heterocycles. The van der Waals surface area contributed by atoms with Gasteiger partial charge in [-0.15, -0.1) is 0 Å². The SMILES string of the molecule is CC1CN(S(=O)(=O)c2ccc(N)cc2C#N)CC1C. The summed E-state index contributed by atoms with van der Waals surface area (Å²) in [5.41, 5.74) is 6.08. The second-order valence-corrected chi connectivity index (χ2v) is 7.05. The number of anilines is 1. The van der Waals surface area contributed by atoms with Crippen molar-refractivity contribution in [1.29, 1.82) is 5.26 Å². The Labute approximate surface area is 113 Å². The van der Waals surface area contributed by atoms with Crippen LogP contribution in [-0.4, -0.2) is 25.8 Å². The third-order valence-electron chi connectivity index (χ3n) is 3.70. The Morgan fingerprint density at radius 3 is 2.42 bits per heavy atom. The van der Waals surface area contributed by atoms with Crippen molar-refractivity contribution >= 4 is 15.7 Å². The fourth-order valence-corrected chi connectivity index (χ4v) is 4.04. The molecule has 102 valence electrons. The van der Waals surface area contributed by atoms with Crippen molar-refractivity contribution < 1.29 is 8.42 Å². The third-order valence-corrected chi connectivity index (χ3v) is 5.59. The molecule has 1 aromatic carbocycles. The van der Waals surface area contributed by atoms with Gasteiger partial charge in [0.15, 0.2) is 0 Å². The van der Waals surface area contributed by atoms with Crippen molar-refractivity contribution in [2.75, 3.05) is 18.8 Å². The van der Waals surface area contributed by atoms with Gasteiger partial charge in [0.1, 0.15) is 11.0 Å². The Balaban J connectivity index is 2.44. The number of nitrogens with two attached hydrogens (primary N) is 1. The molecule has 2 N–H and O–H groups in total. The van der Waals surface area contributed by atoms with Gasteiger partial charge in [-0.05, 0) is 30.0 Å². The highest BCUT2D eigenvalue weighted by Gasteiger charge is 2.36. The van der Waals surface area contributed by atoms with E-state index in [2.05, 4.69) is 0 Å². The Bertz CT molecular complexity index is 624. The molecule has 6 heteroatoms. The van der Waals surface area contributed by atoms with Crippen LogP contribution in [-0.2, 0) is 10.0 Å². The zero-order chi connectivity index (χ0) is 14.2.